The number of carbonyl (C=O) groups is 1. The Bertz CT molecular complexity index is 109. The summed E-state index contributed by atoms with van der Waals surface area (Å²) in [6, 6.07) is 0. The van der Waals surface area contributed by atoms with Gasteiger partial charge in [-0.15, -0.1) is 0 Å². The maximum absolute atomic E-state index is 10.7. The quantitative estimate of drug-likeness (QED) is 0.572. The number of rotatable bonds is 5. The summed E-state index contributed by atoms with van der Waals surface area (Å²) in [5.74, 6) is 0. The Morgan fingerprint density at radius 1 is 1.64 bits per heavy atom. The van der Waals surface area contributed by atoms with Crippen molar-refractivity contribution in [2.75, 3.05) is 18.5 Å². The summed E-state index contributed by atoms with van der Waals surface area (Å²) in [6.45, 7) is 3.19. The average molecular weight is 224 g/mol. The predicted octanol–water partition coefficient (Wildman–Crippen LogP) is 1.91. The lowest BCUT2D eigenvalue weighted by molar-refractivity contribution is 0.145. The fourth-order valence-corrected chi connectivity index (χ4v) is 0.708. The van der Waals surface area contributed by atoms with Crippen molar-refractivity contribution in [2.24, 2.45) is 0 Å². The van der Waals surface area contributed by atoms with Gasteiger partial charge in [0, 0.05) is 11.9 Å². The van der Waals surface area contributed by atoms with Crippen LogP contribution in [0.3, 0.4) is 0 Å². The second kappa shape index (κ2) is 7.85. The van der Waals surface area contributed by atoms with E-state index >= 15 is 0 Å². The lowest BCUT2D eigenvalue weighted by atomic mass is 10.4. The minimum atomic E-state index is -0.321. The Balaban J connectivity index is 3.09. The normalized spacial score (nSPS) is 9.27. The molecular weight excluding hydrogens is 210 g/mol. The van der Waals surface area contributed by atoms with Crippen molar-refractivity contribution in [3.63, 3.8) is 0 Å². The maximum Gasteiger partial charge on any atom is 0.407 e. The van der Waals surface area contributed by atoms with Crippen molar-refractivity contribution >= 4 is 22.0 Å². The van der Waals surface area contributed by atoms with Gasteiger partial charge in [0.05, 0.1) is 6.61 Å². The van der Waals surface area contributed by atoms with Gasteiger partial charge in [-0.3, -0.25) is 0 Å². The van der Waals surface area contributed by atoms with E-state index in [0.717, 1.165) is 18.2 Å². The first-order chi connectivity index (χ1) is 5.31. The number of unbranched alkanes of at least 4 members (excludes halogenated alkanes) is 1. The van der Waals surface area contributed by atoms with E-state index in [2.05, 4.69) is 28.2 Å². The van der Waals surface area contributed by atoms with Crippen LogP contribution in [-0.2, 0) is 4.74 Å². The Hall–Kier alpha value is -0.250. The largest absolute Gasteiger partial charge is 0.450 e. The lowest BCUT2D eigenvalue weighted by Gasteiger charge is -2.03. The zero-order valence-corrected chi connectivity index (χ0v) is 8.32. The van der Waals surface area contributed by atoms with Gasteiger partial charge in [0.1, 0.15) is 0 Å². The first-order valence-electron chi connectivity index (χ1n) is 3.77. The van der Waals surface area contributed by atoms with Crippen molar-refractivity contribution in [3.8, 4) is 0 Å². The minimum absolute atomic E-state index is 0.321. The summed E-state index contributed by atoms with van der Waals surface area (Å²) in [4.78, 5) is 10.7. The lowest BCUT2D eigenvalue weighted by Crippen LogP contribution is -2.26. The molecule has 0 rings (SSSR count). The number of carbonyl (C=O) groups excluding carboxylic acids is 1. The van der Waals surface area contributed by atoms with Crippen molar-refractivity contribution in [2.45, 2.75) is 19.8 Å². The van der Waals surface area contributed by atoms with Crippen molar-refractivity contribution in [1.29, 1.82) is 0 Å². The number of alkyl carbamates (subject to hydrolysis) is 1. The van der Waals surface area contributed by atoms with Crippen LogP contribution in [0.2, 0.25) is 0 Å². The van der Waals surface area contributed by atoms with Crippen LogP contribution in [0.25, 0.3) is 0 Å². The van der Waals surface area contributed by atoms with Crippen LogP contribution in [0.5, 0.6) is 0 Å². The highest BCUT2D eigenvalue weighted by Crippen LogP contribution is 1.88. The third-order valence-electron chi connectivity index (χ3n) is 1.09. The standard InChI is InChI=1S/C7H14BrNO2/c1-2-3-6-11-7(10)9-5-4-8/h2-6H2,1H3,(H,9,10). The molecule has 0 aromatic rings. The van der Waals surface area contributed by atoms with Crippen molar-refractivity contribution < 1.29 is 9.53 Å². The van der Waals surface area contributed by atoms with Gasteiger partial charge in [-0.1, -0.05) is 29.3 Å². The van der Waals surface area contributed by atoms with E-state index in [1.165, 1.54) is 0 Å². The molecular formula is C7H14BrNO2. The molecule has 3 nitrogen and oxygen atoms in total. The SMILES string of the molecule is CCCCOC(=O)NCCBr. The fraction of sp³-hybridized carbons (Fsp3) is 0.857. The van der Waals surface area contributed by atoms with Gasteiger partial charge in [-0.05, 0) is 6.42 Å². The van der Waals surface area contributed by atoms with Gasteiger partial charge in [0.15, 0.2) is 0 Å². The van der Waals surface area contributed by atoms with E-state index < -0.39 is 0 Å². The Morgan fingerprint density at radius 2 is 2.36 bits per heavy atom. The second-order valence-electron chi connectivity index (χ2n) is 2.11. The predicted molar refractivity (Wildman–Crippen MR) is 48.1 cm³/mol. The number of halogens is 1. The summed E-state index contributed by atoms with van der Waals surface area (Å²) >= 11 is 3.19. The molecule has 0 atom stereocenters. The second-order valence-corrected chi connectivity index (χ2v) is 2.90. The molecule has 0 unspecified atom stereocenters. The van der Waals surface area contributed by atoms with E-state index in [1.54, 1.807) is 0 Å². The average Bonchev–Trinajstić information content (AvgIpc) is 2.01. The van der Waals surface area contributed by atoms with Crippen LogP contribution in [0.4, 0.5) is 4.79 Å². The van der Waals surface area contributed by atoms with E-state index in [-0.39, 0.29) is 6.09 Å². The summed E-state index contributed by atoms with van der Waals surface area (Å²) in [7, 11) is 0. The van der Waals surface area contributed by atoms with Crippen LogP contribution < -0.4 is 5.32 Å². The zero-order valence-electron chi connectivity index (χ0n) is 6.73. The molecule has 11 heavy (non-hydrogen) atoms. The molecule has 4 heteroatoms. The van der Waals surface area contributed by atoms with Crippen molar-refractivity contribution in [3.05, 3.63) is 0 Å². The first-order valence-corrected chi connectivity index (χ1v) is 4.90. The van der Waals surface area contributed by atoms with E-state index in [1.807, 2.05) is 0 Å². The highest BCUT2D eigenvalue weighted by Gasteiger charge is 1.97. The topological polar surface area (TPSA) is 38.3 Å². The highest BCUT2D eigenvalue weighted by atomic mass is 79.9. The molecule has 0 saturated carbocycles. The molecule has 0 spiro atoms. The number of alkyl halides is 1. The smallest absolute Gasteiger partial charge is 0.407 e. The molecule has 0 radical (unpaired) electrons. The molecule has 0 aliphatic rings. The molecule has 0 bridgehead atoms. The van der Waals surface area contributed by atoms with Crippen LogP contribution in [0.1, 0.15) is 19.8 Å². The third-order valence-corrected chi connectivity index (χ3v) is 1.49. The summed E-state index contributed by atoms with van der Waals surface area (Å²) in [5.41, 5.74) is 0. The number of hydrogen-bond donors (Lipinski definition) is 1. The van der Waals surface area contributed by atoms with E-state index in [4.69, 9.17) is 4.74 Å². The van der Waals surface area contributed by atoms with Gasteiger partial charge in [-0.25, -0.2) is 4.79 Å². The Kier molecular flexibility index (Phi) is 7.67. The zero-order chi connectivity index (χ0) is 8.53. The number of nitrogens with one attached hydrogen (secondary N) is 1. The molecule has 66 valence electrons. The molecule has 0 aromatic carbocycles. The summed E-state index contributed by atoms with van der Waals surface area (Å²) in [6.07, 6.45) is 1.66. The van der Waals surface area contributed by atoms with Crippen LogP contribution in [0.15, 0.2) is 0 Å². The van der Waals surface area contributed by atoms with E-state index in [9.17, 15) is 4.79 Å². The minimum Gasteiger partial charge on any atom is -0.450 e. The van der Waals surface area contributed by atoms with Gasteiger partial charge in [0.25, 0.3) is 0 Å². The van der Waals surface area contributed by atoms with Crippen LogP contribution in [0, 0.1) is 0 Å². The van der Waals surface area contributed by atoms with Gasteiger partial charge in [-0.2, -0.15) is 0 Å². The molecule has 0 fully saturated rings. The number of ether oxygens (including phenoxy) is 1. The van der Waals surface area contributed by atoms with Gasteiger partial charge in [0.2, 0.25) is 0 Å². The third kappa shape index (κ3) is 7.65. The monoisotopic (exact) mass is 223 g/mol. The van der Waals surface area contributed by atoms with Crippen LogP contribution >= 0.6 is 15.9 Å². The van der Waals surface area contributed by atoms with Gasteiger partial charge < -0.3 is 10.1 Å². The summed E-state index contributed by atoms with van der Waals surface area (Å²) in [5, 5.41) is 3.34. The van der Waals surface area contributed by atoms with Crippen LogP contribution in [-0.4, -0.2) is 24.6 Å². The molecule has 1 amide bonds. The maximum atomic E-state index is 10.7. The fourth-order valence-electron chi connectivity index (χ4n) is 0.510. The van der Waals surface area contributed by atoms with Crippen molar-refractivity contribution in [1.82, 2.24) is 5.32 Å². The molecule has 0 aromatic heterocycles. The van der Waals surface area contributed by atoms with Gasteiger partial charge >= 0.3 is 6.09 Å². The summed E-state index contributed by atoms with van der Waals surface area (Å²) < 4.78 is 4.81. The number of amides is 1. The first kappa shape index (κ1) is 10.8. The molecule has 1 N–H and O–H groups in total. The molecule has 0 heterocycles. The van der Waals surface area contributed by atoms with E-state index in [0.29, 0.717) is 13.2 Å². The highest BCUT2D eigenvalue weighted by molar-refractivity contribution is 9.09. The number of hydrogen-bond acceptors (Lipinski definition) is 2. The molecule has 0 aliphatic heterocycles. The molecule has 0 aliphatic carbocycles. The Morgan fingerprint density at radius 3 is 2.91 bits per heavy atom. The Labute approximate surface area is 75.6 Å². The molecule has 0 saturated heterocycles.